The zero-order chi connectivity index (χ0) is 11.3. The van der Waals surface area contributed by atoms with Gasteiger partial charge in [-0.15, -0.1) is 0 Å². The molecule has 0 aromatic heterocycles. The molecule has 0 unspecified atom stereocenters. The fourth-order valence-electron chi connectivity index (χ4n) is 1.50. The molecule has 0 aliphatic heterocycles. The zero-order valence-corrected chi connectivity index (χ0v) is 15.3. The van der Waals surface area contributed by atoms with Gasteiger partial charge < -0.3 is 40.4 Å². The maximum absolute atomic E-state index is 8.89. The number of allylic oxidation sites excluding steroid dienone is 3. The average Bonchev–Trinajstić information content (AvgIpc) is 2.26. The van der Waals surface area contributed by atoms with Gasteiger partial charge >= 0.3 is 19.5 Å². The van der Waals surface area contributed by atoms with E-state index in [0.29, 0.717) is 23.7 Å². The van der Waals surface area contributed by atoms with Crippen LogP contribution in [0.15, 0.2) is 22.9 Å². The van der Waals surface area contributed by atoms with E-state index >= 15 is 0 Å². The fourth-order valence-corrected chi connectivity index (χ4v) is 1.82. The fraction of sp³-hybridized carbons (Fsp3) is 0.500. The number of aliphatic hydroxyl groups is 1. The van der Waals surface area contributed by atoms with Gasteiger partial charge in [-0.1, -0.05) is 11.6 Å². The molecule has 0 aromatic carbocycles. The van der Waals surface area contributed by atoms with Crippen molar-refractivity contribution in [2.45, 2.75) is 13.3 Å². The monoisotopic (exact) mass is 361 g/mol. The number of aliphatic hydroxyl groups excluding tert-OH is 1. The minimum Gasteiger partial charge on any atom is -1.00 e. The summed E-state index contributed by atoms with van der Waals surface area (Å²) < 4.78 is 0. The molecule has 0 bridgehead atoms. The van der Waals surface area contributed by atoms with E-state index in [1.807, 2.05) is 17.9 Å². The Morgan fingerprint density at radius 3 is 2.50 bits per heavy atom. The summed E-state index contributed by atoms with van der Waals surface area (Å²) in [5.41, 5.74) is 10.0. The Balaban J connectivity index is -0.000000750. The summed E-state index contributed by atoms with van der Waals surface area (Å²) in [5, 5.41) is 9.43. The van der Waals surface area contributed by atoms with Crippen LogP contribution in [0.2, 0.25) is 0 Å². The summed E-state index contributed by atoms with van der Waals surface area (Å²) in [4.78, 5) is 5.09. The van der Waals surface area contributed by atoms with E-state index in [0.717, 1.165) is 12.2 Å². The molecular formula is C10H14Cl3N3OZn. The van der Waals surface area contributed by atoms with Crippen LogP contribution in [-0.2, 0) is 19.5 Å². The average molecular weight is 364 g/mol. The number of hydrogen-bond acceptors (Lipinski definition) is 2. The first kappa shape index (κ1) is 23.2. The van der Waals surface area contributed by atoms with Gasteiger partial charge in [-0.05, 0) is 13.0 Å². The Hall–Kier alpha value is 0.113. The van der Waals surface area contributed by atoms with E-state index in [4.69, 9.17) is 22.2 Å². The van der Waals surface area contributed by atoms with Crippen LogP contribution in [-0.4, -0.2) is 40.2 Å². The third-order valence-electron chi connectivity index (χ3n) is 2.26. The van der Waals surface area contributed by atoms with E-state index in [1.54, 1.807) is 6.08 Å². The second kappa shape index (κ2) is 12.2. The van der Waals surface area contributed by atoms with Gasteiger partial charge in [-0.3, -0.25) is 0 Å². The Labute approximate surface area is 137 Å². The van der Waals surface area contributed by atoms with Crippen molar-refractivity contribution in [1.29, 1.82) is 0 Å². The van der Waals surface area contributed by atoms with Crippen LogP contribution in [0.3, 0.4) is 0 Å². The minimum atomic E-state index is 0. The van der Waals surface area contributed by atoms with Crippen molar-refractivity contribution < 1.29 is 54.2 Å². The van der Waals surface area contributed by atoms with E-state index in [9.17, 15) is 0 Å². The van der Waals surface area contributed by atoms with Gasteiger partial charge in [0, 0.05) is 19.2 Å². The Bertz CT molecular complexity index is 354. The van der Waals surface area contributed by atoms with Crippen LogP contribution < -0.4 is 24.8 Å². The zero-order valence-electron chi connectivity index (χ0n) is 10.1. The van der Waals surface area contributed by atoms with Crippen molar-refractivity contribution in [3.63, 3.8) is 0 Å². The second-order valence-corrected chi connectivity index (χ2v) is 3.59. The van der Waals surface area contributed by atoms with E-state index in [-0.39, 0.29) is 50.9 Å². The Kier molecular flexibility index (Phi) is 15.7. The molecule has 4 nitrogen and oxygen atoms in total. The molecule has 0 saturated heterocycles. The van der Waals surface area contributed by atoms with Gasteiger partial charge in [0.25, 0.3) is 5.71 Å². The molecule has 98 valence electrons. The molecule has 0 amide bonds. The molecule has 1 rings (SSSR count). The molecule has 1 aliphatic carbocycles. The van der Waals surface area contributed by atoms with Crippen LogP contribution in [0.25, 0.3) is 5.53 Å². The molecule has 0 heterocycles. The summed E-state index contributed by atoms with van der Waals surface area (Å²) in [6.07, 6.45) is 4.09. The van der Waals surface area contributed by atoms with Crippen molar-refractivity contribution >= 4 is 17.3 Å². The number of hydrogen-bond donors (Lipinski definition) is 1. The number of likely N-dealkylation sites (N-methyl/N-ethyl adjacent to an activating group) is 1. The van der Waals surface area contributed by atoms with Crippen molar-refractivity contribution in [3.8, 4) is 0 Å². The van der Waals surface area contributed by atoms with Crippen molar-refractivity contribution in [2.75, 3.05) is 19.7 Å². The van der Waals surface area contributed by atoms with Gasteiger partial charge in [0.2, 0.25) is 0 Å². The number of nitrogens with zero attached hydrogens (tertiary/aromatic N) is 3. The topological polar surface area (TPSA) is 59.9 Å². The van der Waals surface area contributed by atoms with Crippen LogP contribution in [0.5, 0.6) is 0 Å². The van der Waals surface area contributed by atoms with Gasteiger partial charge in [0.15, 0.2) is 0 Å². The maximum atomic E-state index is 8.89. The normalized spacial score (nSPS) is 12.9. The van der Waals surface area contributed by atoms with Crippen LogP contribution in [0, 0.1) is 0 Å². The standard InChI is InChI=1S/C10H14ClN3O.2ClH.Zn/c1-2-14(5-6-15)10-4-3-8(13-12)7-9(10)11;;;/h4,7,15H,2-3,5-6H2,1H3;2*1H;/q;;;+2/p-2. The van der Waals surface area contributed by atoms with Gasteiger partial charge in [0.05, 0.1) is 23.8 Å². The predicted molar refractivity (Wildman–Crippen MR) is 59.6 cm³/mol. The summed E-state index contributed by atoms with van der Waals surface area (Å²) >= 11 is 6.04. The summed E-state index contributed by atoms with van der Waals surface area (Å²) in [6, 6.07) is 0. The molecule has 8 heteroatoms. The van der Waals surface area contributed by atoms with Gasteiger partial charge in [-0.2, -0.15) is 4.79 Å². The minimum absolute atomic E-state index is 0. The smallest absolute Gasteiger partial charge is 1.00 e. The maximum Gasteiger partial charge on any atom is 2.00 e. The summed E-state index contributed by atoms with van der Waals surface area (Å²) in [5.74, 6) is 0. The van der Waals surface area contributed by atoms with Crippen LogP contribution in [0.1, 0.15) is 13.3 Å². The quantitative estimate of drug-likeness (QED) is 0.310. The molecular weight excluding hydrogens is 350 g/mol. The van der Waals surface area contributed by atoms with E-state index in [2.05, 4.69) is 4.79 Å². The Morgan fingerprint density at radius 1 is 1.50 bits per heavy atom. The first-order chi connectivity index (χ1) is 7.22. The molecule has 0 aromatic rings. The number of rotatable bonds is 4. The number of halogens is 3. The molecule has 18 heavy (non-hydrogen) atoms. The van der Waals surface area contributed by atoms with E-state index < -0.39 is 0 Å². The van der Waals surface area contributed by atoms with E-state index in [1.165, 1.54) is 0 Å². The SMILES string of the molecule is CCN(CCO)C1=CCC(=[N+]=[N-])C=C1Cl.[Cl-].[Cl-].[Zn+2]. The van der Waals surface area contributed by atoms with Crippen molar-refractivity contribution in [2.24, 2.45) is 0 Å². The van der Waals surface area contributed by atoms with Crippen LogP contribution in [0.4, 0.5) is 0 Å². The first-order valence-electron chi connectivity index (χ1n) is 4.87. The predicted octanol–water partition coefficient (Wildman–Crippen LogP) is -4.61. The molecule has 0 atom stereocenters. The van der Waals surface area contributed by atoms with Crippen molar-refractivity contribution in [3.05, 3.63) is 28.4 Å². The molecule has 1 aliphatic rings. The third kappa shape index (κ3) is 6.33. The largest absolute Gasteiger partial charge is 2.00 e. The summed E-state index contributed by atoms with van der Waals surface area (Å²) in [6.45, 7) is 3.42. The van der Waals surface area contributed by atoms with Crippen LogP contribution >= 0.6 is 11.6 Å². The molecule has 0 fully saturated rings. The molecule has 0 saturated carbocycles. The first-order valence-corrected chi connectivity index (χ1v) is 5.25. The van der Waals surface area contributed by atoms with Gasteiger partial charge in [-0.25, -0.2) is 0 Å². The molecule has 1 N–H and O–H groups in total. The summed E-state index contributed by atoms with van der Waals surface area (Å²) in [7, 11) is 0. The Morgan fingerprint density at radius 2 is 2.11 bits per heavy atom. The molecule has 0 radical (unpaired) electrons. The van der Waals surface area contributed by atoms with Gasteiger partial charge in [0.1, 0.15) is 0 Å². The van der Waals surface area contributed by atoms with Crippen molar-refractivity contribution in [1.82, 2.24) is 4.90 Å². The molecule has 0 spiro atoms. The third-order valence-corrected chi connectivity index (χ3v) is 2.57. The second-order valence-electron chi connectivity index (χ2n) is 3.18.